The van der Waals surface area contributed by atoms with E-state index in [9.17, 15) is 22.8 Å². The number of halogens is 5. The Morgan fingerprint density at radius 2 is 1.77 bits per heavy atom. The molecule has 1 atom stereocenters. The van der Waals surface area contributed by atoms with E-state index in [-0.39, 0.29) is 46.8 Å². The molecule has 2 aromatic carbocycles. The number of benzene rings is 2. The number of hydrogen-bond acceptors (Lipinski definition) is 7. The number of nitrogens with one attached hydrogen (secondary N) is 1. The molecule has 5 rings (SSSR count). The molecule has 10 nitrogen and oxygen atoms in total. The summed E-state index contributed by atoms with van der Waals surface area (Å²) in [4.78, 5) is 32.3. The van der Waals surface area contributed by atoms with Gasteiger partial charge < -0.3 is 5.32 Å². The number of nitrogens with zero attached hydrogens (tertiary/aromatic N) is 7. The summed E-state index contributed by atoms with van der Waals surface area (Å²) in [5, 5.41) is 17.6. The van der Waals surface area contributed by atoms with Crippen molar-refractivity contribution in [2.75, 3.05) is 0 Å². The van der Waals surface area contributed by atoms with E-state index in [1.54, 1.807) is 25.1 Å². The van der Waals surface area contributed by atoms with Crippen LogP contribution in [0.4, 0.5) is 13.2 Å². The number of aryl methyl sites for hydroxylation is 1. The van der Waals surface area contributed by atoms with Crippen molar-refractivity contribution in [3.05, 3.63) is 116 Å². The Kier molecular flexibility index (Phi) is 8.79. The Bertz CT molecular complexity index is 1840. The van der Waals surface area contributed by atoms with Gasteiger partial charge >= 0.3 is 6.18 Å². The number of alkyl halides is 3. The SMILES string of the molecule is Cc1cc(Cl)cc(C(=O)N[C@H](C)c2ccccc2)c1CC(=O)c1cc(Cn2nnc(C(F)(F)F)n2)nn1-c1ncccc1Cl. The summed E-state index contributed by atoms with van der Waals surface area (Å²) in [5.41, 5.74) is 2.33. The lowest BCUT2D eigenvalue weighted by molar-refractivity contribution is -0.145. The molecule has 0 aliphatic rings. The number of carbonyl (C=O) groups excluding carboxylic acids is 2. The van der Waals surface area contributed by atoms with Gasteiger partial charge in [-0.15, -0.1) is 10.2 Å². The summed E-state index contributed by atoms with van der Waals surface area (Å²) < 4.78 is 40.2. The molecule has 44 heavy (non-hydrogen) atoms. The van der Waals surface area contributed by atoms with Crippen LogP contribution in [-0.4, -0.2) is 46.7 Å². The molecular formula is C29H23Cl2F3N8O2. The van der Waals surface area contributed by atoms with Gasteiger partial charge in [-0.05, 0) is 66.1 Å². The van der Waals surface area contributed by atoms with Gasteiger partial charge in [0.25, 0.3) is 11.7 Å². The maximum Gasteiger partial charge on any atom is 0.455 e. The van der Waals surface area contributed by atoms with Gasteiger partial charge in [-0.25, -0.2) is 9.67 Å². The maximum absolute atomic E-state index is 13.9. The molecule has 0 aliphatic heterocycles. The summed E-state index contributed by atoms with van der Waals surface area (Å²) in [6.07, 6.45) is -3.56. The van der Waals surface area contributed by atoms with E-state index < -0.39 is 23.7 Å². The van der Waals surface area contributed by atoms with Crippen LogP contribution in [0.2, 0.25) is 10.0 Å². The van der Waals surface area contributed by atoms with Crippen LogP contribution in [0.15, 0.2) is 66.9 Å². The van der Waals surface area contributed by atoms with Crippen molar-refractivity contribution < 1.29 is 22.8 Å². The number of hydrogen-bond donors (Lipinski definition) is 1. The molecule has 0 unspecified atom stereocenters. The number of aromatic nitrogens is 7. The molecular weight excluding hydrogens is 620 g/mol. The minimum absolute atomic E-state index is 0.0233. The summed E-state index contributed by atoms with van der Waals surface area (Å²) in [6, 6.07) is 16.7. The van der Waals surface area contributed by atoms with Crippen molar-refractivity contribution in [1.29, 1.82) is 0 Å². The molecule has 0 fully saturated rings. The quantitative estimate of drug-likeness (QED) is 0.200. The predicted molar refractivity (Wildman–Crippen MR) is 155 cm³/mol. The number of pyridine rings is 1. The molecule has 0 radical (unpaired) electrons. The molecule has 5 aromatic rings. The lowest BCUT2D eigenvalue weighted by Gasteiger charge is -2.18. The lowest BCUT2D eigenvalue weighted by Crippen LogP contribution is -2.28. The van der Waals surface area contributed by atoms with Gasteiger partial charge in [0.05, 0.1) is 16.8 Å². The van der Waals surface area contributed by atoms with Crippen molar-refractivity contribution in [3.8, 4) is 5.82 Å². The van der Waals surface area contributed by atoms with E-state index in [2.05, 4.69) is 30.8 Å². The Hall–Kier alpha value is -4.62. The van der Waals surface area contributed by atoms with E-state index in [1.165, 1.54) is 23.0 Å². The van der Waals surface area contributed by atoms with Crippen LogP contribution in [0.1, 0.15) is 62.0 Å². The van der Waals surface area contributed by atoms with Gasteiger partial charge in [0, 0.05) is 23.2 Å². The van der Waals surface area contributed by atoms with Crippen molar-refractivity contribution in [3.63, 3.8) is 0 Å². The normalized spacial score (nSPS) is 12.2. The molecule has 0 spiro atoms. The van der Waals surface area contributed by atoms with E-state index in [0.717, 1.165) is 5.56 Å². The zero-order valence-corrected chi connectivity index (χ0v) is 24.7. The summed E-state index contributed by atoms with van der Waals surface area (Å²) in [5.74, 6) is -2.18. The fourth-order valence-corrected chi connectivity index (χ4v) is 5.00. The van der Waals surface area contributed by atoms with Crippen LogP contribution in [0.25, 0.3) is 5.82 Å². The van der Waals surface area contributed by atoms with Crippen LogP contribution in [0.3, 0.4) is 0 Å². The standard InChI is InChI=1S/C29H23Cl2F3N8O2/c1-16-11-19(30)12-22(27(44)36-17(2)18-7-4-3-5-8-18)21(16)14-25(43)24-13-20(15-41-39-28(37-40-41)29(32,33)34)38-42(24)26-23(31)9-6-10-35-26/h3-13,17H,14-15H2,1-2H3,(H,36,44)/t17-/m1/s1. The molecule has 226 valence electrons. The largest absolute Gasteiger partial charge is 0.455 e. The first-order valence-corrected chi connectivity index (χ1v) is 13.9. The van der Waals surface area contributed by atoms with Crippen molar-refractivity contribution in [2.45, 2.75) is 39.0 Å². The zero-order valence-electron chi connectivity index (χ0n) is 23.2. The van der Waals surface area contributed by atoms with Crippen molar-refractivity contribution >= 4 is 34.9 Å². The fourth-order valence-electron chi connectivity index (χ4n) is 4.53. The minimum Gasteiger partial charge on any atom is -0.346 e. The lowest BCUT2D eigenvalue weighted by atomic mass is 9.95. The van der Waals surface area contributed by atoms with E-state index in [0.29, 0.717) is 20.9 Å². The molecule has 0 bridgehead atoms. The third-order valence-electron chi connectivity index (χ3n) is 6.66. The maximum atomic E-state index is 13.9. The molecule has 3 aromatic heterocycles. The molecule has 15 heteroatoms. The zero-order chi connectivity index (χ0) is 31.6. The topological polar surface area (TPSA) is 120 Å². The van der Waals surface area contributed by atoms with Gasteiger partial charge in [-0.2, -0.15) is 23.1 Å². The predicted octanol–water partition coefficient (Wildman–Crippen LogP) is 5.85. The van der Waals surface area contributed by atoms with Crippen molar-refractivity contribution in [2.24, 2.45) is 0 Å². The molecule has 3 heterocycles. The molecule has 1 amide bonds. The second-order valence-electron chi connectivity index (χ2n) is 9.84. The Morgan fingerprint density at radius 1 is 1.02 bits per heavy atom. The number of rotatable bonds is 9. The molecule has 1 N–H and O–H groups in total. The highest BCUT2D eigenvalue weighted by Crippen LogP contribution is 2.27. The highest BCUT2D eigenvalue weighted by Gasteiger charge is 2.37. The monoisotopic (exact) mass is 642 g/mol. The Labute approximate surface area is 258 Å². The van der Waals surface area contributed by atoms with E-state index >= 15 is 0 Å². The number of amides is 1. The van der Waals surface area contributed by atoms with Gasteiger partial charge in [0.1, 0.15) is 12.2 Å². The second kappa shape index (κ2) is 12.5. The average molecular weight is 643 g/mol. The highest BCUT2D eigenvalue weighted by atomic mass is 35.5. The minimum atomic E-state index is -4.78. The van der Waals surface area contributed by atoms with Crippen LogP contribution in [0.5, 0.6) is 0 Å². The third-order valence-corrected chi connectivity index (χ3v) is 7.18. The third kappa shape index (κ3) is 6.79. The van der Waals surface area contributed by atoms with Gasteiger partial charge in [-0.1, -0.05) is 53.5 Å². The highest BCUT2D eigenvalue weighted by molar-refractivity contribution is 6.32. The number of carbonyl (C=O) groups is 2. The molecule has 0 saturated heterocycles. The first kappa shape index (κ1) is 30.8. The first-order valence-electron chi connectivity index (χ1n) is 13.1. The Morgan fingerprint density at radius 3 is 2.45 bits per heavy atom. The van der Waals surface area contributed by atoms with E-state index in [4.69, 9.17) is 23.2 Å². The second-order valence-corrected chi connectivity index (χ2v) is 10.7. The van der Waals surface area contributed by atoms with Crippen LogP contribution < -0.4 is 5.32 Å². The molecule has 0 saturated carbocycles. The van der Waals surface area contributed by atoms with Gasteiger partial charge in [0.15, 0.2) is 11.6 Å². The summed E-state index contributed by atoms with van der Waals surface area (Å²) in [6.45, 7) is 3.25. The van der Waals surface area contributed by atoms with E-state index in [1.807, 2.05) is 37.3 Å². The van der Waals surface area contributed by atoms with Crippen LogP contribution in [-0.2, 0) is 19.1 Å². The number of tetrazole rings is 1. The number of ketones is 1. The number of Topliss-reactive ketones (excluding diaryl/α,β-unsaturated/α-hetero) is 1. The van der Waals surface area contributed by atoms with Gasteiger partial charge in [-0.3, -0.25) is 9.59 Å². The first-order chi connectivity index (χ1) is 20.9. The average Bonchev–Trinajstić information content (AvgIpc) is 3.63. The van der Waals surface area contributed by atoms with Crippen molar-refractivity contribution in [1.82, 2.24) is 40.3 Å². The van der Waals surface area contributed by atoms with Gasteiger partial charge in [0.2, 0.25) is 0 Å². The fraction of sp³-hybridized carbons (Fsp3) is 0.207. The smallest absolute Gasteiger partial charge is 0.346 e. The van der Waals surface area contributed by atoms with Crippen LogP contribution >= 0.6 is 23.2 Å². The Balaban J connectivity index is 1.48. The molecule has 0 aliphatic carbocycles. The summed E-state index contributed by atoms with van der Waals surface area (Å²) in [7, 11) is 0. The summed E-state index contributed by atoms with van der Waals surface area (Å²) >= 11 is 12.7. The van der Waals surface area contributed by atoms with Crippen LogP contribution in [0, 0.1) is 6.92 Å².